The number of nitriles is 1. The van der Waals surface area contributed by atoms with E-state index >= 15 is 0 Å². The molecule has 0 aliphatic heterocycles. The third-order valence-corrected chi connectivity index (χ3v) is 9.41. The van der Waals surface area contributed by atoms with E-state index in [1.807, 2.05) is 0 Å². The van der Waals surface area contributed by atoms with E-state index in [1.54, 1.807) is 0 Å². The van der Waals surface area contributed by atoms with Crippen LogP contribution in [0.25, 0.3) is 0 Å². The predicted molar refractivity (Wildman–Crippen MR) is 147 cm³/mol. The third-order valence-electron chi connectivity index (χ3n) is 9.41. The number of hydrogen-bond acceptors (Lipinski definition) is 1. The van der Waals surface area contributed by atoms with Gasteiger partial charge < -0.3 is 0 Å². The molecule has 0 saturated heterocycles. The molecule has 0 atom stereocenters. The minimum absolute atomic E-state index is 0.0301. The Morgan fingerprint density at radius 2 is 1.32 bits per heavy atom. The summed E-state index contributed by atoms with van der Waals surface area (Å²) in [6.07, 6.45) is 26.5. The van der Waals surface area contributed by atoms with Crippen LogP contribution >= 0.6 is 0 Å². The molecule has 0 bridgehead atoms. The Hall–Kier alpha value is -1.29. The lowest BCUT2D eigenvalue weighted by atomic mass is 9.67. The van der Waals surface area contributed by atoms with Crippen molar-refractivity contribution >= 4 is 0 Å². The summed E-state index contributed by atoms with van der Waals surface area (Å²) in [6.45, 7) is 4.58. The molecule has 3 rings (SSSR count). The molecule has 2 saturated carbocycles. The van der Waals surface area contributed by atoms with Crippen LogP contribution in [-0.2, 0) is 6.42 Å². The maximum absolute atomic E-state index is 9.92. The summed E-state index contributed by atoms with van der Waals surface area (Å²) < 4.78 is 0. The molecule has 0 radical (unpaired) electrons. The smallest absolute Gasteiger partial charge is 0.0689 e. The predicted octanol–water partition coefficient (Wildman–Crippen LogP) is 10.5. The van der Waals surface area contributed by atoms with Crippen molar-refractivity contribution in [2.45, 2.75) is 148 Å². The van der Waals surface area contributed by atoms with E-state index in [4.69, 9.17) is 0 Å². The average Bonchev–Trinajstić information content (AvgIpc) is 2.89. The second kappa shape index (κ2) is 15.0. The van der Waals surface area contributed by atoms with E-state index in [0.29, 0.717) is 5.92 Å². The summed E-state index contributed by atoms with van der Waals surface area (Å²) >= 11 is 0. The van der Waals surface area contributed by atoms with Gasteiger partial charge in [0.05, 0.1) is 11.5 Å². The summed E-state index contributed by atoms with van der Waals surface area (Å²) in [7, 11) is 0. The van der Waals surface area contributed by atoms with Crippen LogP contribution < -0.4 is 0 Å². The zero-order valence-corrected chi connectivity index (χ0v) is 22.6. The molecule has 1 aromatic carbocycles. The van der Waals surface area contributed by atoms with Crippen LogP contribution in [0.3, 0.4) is 0 Å². The van der Waals surface area contributed by atoms with Crippen LogP contribution in [0.2, 0.25) is 0 Å². The molecule has 1 heteroatoms. The normalized spacial score (nSPS) is 27.4. The molecule has 2 fully saturated rings. The van der Waals surface area contributed by atoms with Crippen molar-refractivity contribution in [2.75, 3.05) is 0 Å². The third kappa shape index (κ3) is 8.73. The van der Waals surface area contributed by atoms with Crippen molar-refractivity contribution in [3.63, 3.8) is 0 Å². The average molecular weight is 464 g/mol. The highest BCUT2D eigenvalue weighted by atomic mass is 14.4. The molecule has 1 aromatic rings. The fourth-order valence-corrected chi connectivity index (χ4v) is 6.81. The van der Waals surface area contributed by atoms with Crippen LogP contribution in [0.15, 0.2) is 24.3 Å². The minimum atomic E-state index is -0.0301. The number of hydrogen-bond donors (Lipinski definition) is 0. The second-order valence-corrected chi connectivity index (χ2v) is 12.0. The largest absolute Gasteiger partial charge is 0.198 e. The first-order valence-electron chi connectivity index (χ1n) is 15.2. The molecule has 0 N–H and O–H groups in total. The summed E-state index contributed by atoms with van der Waals surface area (Å²) in [4.78, 5) is 0. The van der Waals surface area contributed by atoms with Crippen molar-refractivity contribution in [1.82, 2.24) is 0 Å². The van der Waals surface area contributed by atoms with E-state index in [1.165, 1.54) is 120 Å². The van der Waals surface area contributed by atoms with Gasteiger partial charge in [0.25, 0.3) is 0 Å². The molecule has 0 spiro atoms. The van der Waals surface area contributed by atoms with Crippen molar-refractivity contribution in [3.05, 3.63) is 35.4 Å². The number of nitrogens with zero attached hydrogens (tertiary/aromatic N) is 1. The highest BCUT2D eigenvalue weighted by molar-refractivity contribution is 5.26. The molecule has 34 heavy (non-hydrogen) atoms. The van der Waals surface area contributed by atoms with Crippen molar-refractivity contribution < 1.29 is 0 Å². The van der Waals surface area contributed by atoms with Gasteiger partial charge in [0.1, 0.15) is 0 Å². The molecule has 1 nitrogen and oxygen atoms in total. The first-order valence-corrected chi connectivity index (χ1v) is 15.2. The van der Waals surface area contributed by atoms with Crippen LogP contribution in [0.1, 0.15) is 153 Å². The number of aryl methyl sites for hydroxylation is 1. The zero-order chi connectivity index (χ0) is 24.1. The van der Waals surface area contributed by atoms with Gasteiger partial charge in [-0.15, -0.1) is 0 Å². The summed E-state index contributed by atoms with van der Waals surface area (Å²) in [5.74, 6) is 2.65. The molecule has 0 aromatic heterocycles. The van der Waals surface area contributed by atoms with Crippen LogP contribution in [-0.4, -0.2) is 0 Å². The minimum Gasteiger partial charge on any atom is -0.198 e. The molecule has 0 unspecified atom stereocenters. The van der Waals surface area contributed by atoms with Crippen LogP contribution in [0, 0.1) is 28.6 Å². The first-order chi connectivity index (χ1) is 16.7. The fraction of sp³-hybridized carbons (Fsp3) is 0.788. The van der Waals surface area contributed by atoms with Gasteiger partial charge in [-0.25, -0.2) is 0 Å². The van der Waals surface area contributed by atoms with Crippen molar-refractivity contribution in [2.24, 2.45) is 17.3 Å². The molecule has 0 amide bonds. The Morgan fingerprint density at radius 3 is 1.94 bits per heavy atom. The van der Waals surface area contributed by atoms with E-state index in [9.17, 15) is 5.26 Å². The van der Waals surface area contributed by atoms with E-state index < -0.39 is 0 Å². The van der Waals surface area contributed by atoms with Gasteiger partial charge in [-0.1, -0.05) is 122 Å². The number of rotatable bonds is 14. The lowest BCUT2D eigenvalue weighted by molar-refractivity contribution is 0.223. The molecule has 0 heterocycles. The van der Waals surface area contributed by atoms with Gasteiger partial charge >= 0.3 is 0 Å². The van der Waals surface area contributed by atoms with Gasteiger partial charge in [0.2, 0.25) is 0 Å². The Kier molecular flexibility index (Phi) is 12.0. The fourth-order valence-electron chi connectivity index (χ4n) is 6.81. The van der Waals surface area contributed by atoms with Gasteiger partial charge in [-0.2, -0.15) is 5.26 Å². The highest BCUT2D eigenvalue weighted by Gasteiger charge is 2.35. The van der Waals surface area contributed by atoms with Crippen LogP contribution in [0.5, 0.6) is 0 Å². The summed E-state index contributed by atoms with van der Waals surface area (Å²) in [6, 6.07) is 12.4. The summed E-state index contributed by atoms with van der Waals surface area (Å²) in [5, 5.41) is 9.92. The maximum Gasteiger partial charge on any atom is 0.0689 e. The van der Waals surface area contributed by atoms with E-state index in [2.05, 4.69) is 44.2 Å². The highest BCUT2D eigenvalue weighted by Crippen LogP contribution is 2.45. The van der Waals surface area contributed by atoms with E-state index in [0.717, 1.165) is 31.1 Å². The molecular weight excluding hydrogens is 410 g/mol. The van der Waals surface area contributed by atoms with Gasteiger partial charge in [-0.05, 0) is 73.8 Å². The summed E-state index contributed by atoms with van der Waals surface area (Å²) in [5.41, 5.74) is 3.02. The standard InChI is InChI=1S/C33H53N/c1-3-5-7-8-10-24-33(27-34)25-22-32(23-26-33)31-20-18-30(19-21-31)17-16-29-14-12-28(13-15-29)11-9-6-4-2/h18-21,28-29,32H,3-17,22-26H2,1-2H3. The molecule has 2 aliphatic rings. The van der Waals surface area contributed by atoms with Crippen molar-refractivity contribution in [1.29, 1.82) is 5.26 Å². The topological polar surface area (TPSA) is 23.8 Å². The Labute approximate surface area is 212 Å². The van der Waals surface area contributed by atoms with Gasteiger partial charge in [0, 0.05) is 0 Å². The SMILES string of the molecule is CCCCCCCC1(C#N)CCC(c2ccc(CCC3CCC(CCCCC)CC3)cc2)CC1. The first kappa shape index (κ1) is 27.3. The molecule has 2 aliphatic carbocycles. The monoisotopic (exact) mass is 463 g/mol. The maximum atomic E-state index is 9.92. The molecule has 190 valence electrons. The van der Waals surface area contributed by atoms with Crippen LogP contribution in [0.4, 0.5) is 0 Å². The van der Waals surface area contributed by atoms with Gasteiger partial charge in [0.15, 0.2) is 0 Å². The lowest BCUT2D eigenvalue weighted by Crippen LogP contribution is -2.25. The second-order valence-electron chi connectivity index (χ2n) is 12.0. The zero-order valence-electron chi connectivity index (χ0n) is 22.6. The Bertz CT molecular complexity index is 695. The number of unbranched alkanes of at least 4 members (excludes halogenated alkanes) is 6. The quantitative estimate of drug-likeness (QED) is 0.252. The van der Waals surface area contributed by atoms with E-state index in [-0.39, 0.29) is 5.41 Å². The molecular formula is C33H53N. The number of benzene rings is 1. The lowest BCUT2D eigenvalue weighted by Gasteiger charge is -2.35. The van der Waals surface area contributed by atoms with Crippen molar-refractivity contribution in [3.8, 4) is 6.07 Å². The van der Waals surface area contributed by atoms with Gasteiger partial charge in [-0.3, -0.25) is 0 Å². The Balaban J connectivity index is 1.36. The Morgan fingerprint density at radius 1 is 0.735 bits per heavy atom.